The van der Waals surface area contributed by atoms with E-state index in [1.807, 2.05) is 27.7 Å². The van der Waals surface area contributed by atoms with Crippen LogP contribution < -0.4 is 4.90 Å². The lowest BCUT2D eigenvalue weighted by molar-refractivity contribution is 0.0963. The normalized spacial score (nSPS) is 16.6. The molecule has 1 aliphatic heterocycles. The zero-order valence-electron chi connectivity index (χ0n) is 12.2. The van der Waals surface area contributed by atoms with E-state index in [4.69, 9.17) is 9.84 Å². The zero-order valence-corrected chi connectivity index (χ0v) is 13.8. The quantitative estimate of drug-likeness (QED) is 0.878. The van der Waals surface area contributed by atoms with E-state index < -0.39 is 18.0 Å². The summed E-state index contributed by atoms with van der Waals surface area (Å²) in [6, 6.07) is 4.36. The highest BCUT2D eigenvalue weighted by Gasteiger charge is 2.31. The van der Waals surface area contributed by atoms with Crippen molar-refractivity contribution in [1.29, 1.82) is 0 Å². The molecular formula is C14H21BrFNO3. The van der Waals surface area contributed by atoms with Crippen LogP contribution in [0.2, 0.25) is 0 Å². The van der Waals surface area contributed by atoms with Crippen molar-refractivity contribution in [2.75, 3.05) is 18.1 Å². The molecule has 1 aromatic carbocycles. The summed E-state index contributed by atoms with van der Waals surface area (Å²) in [5.74, 6) is -0.447. The molecule has 4 nitrogen and oxygen atoms in total. The van der Waals surface area contributed by atoms with Crippen molar-refractivity contribution in [3.8, 4) is 0 Å². The maximum Gasteiger partial charge on any atom is 0.414 e. The van der Waals surface area contributed by atoms with E-state index in [-0.39, 0.29) is 13.2 Å². The van der Waals surface area contributed by atoms with Crippen molar-refractivity contribution in [3.05, 3.63) is 28.5 Å². The molecule has 0 radical (unpaired) electrons. The molecule has 6 heteroatoms. The number of aliphatic hydroxyl groups is 1. The van der Waals surface area contributed by atoms with Gasteiger partial charge < -0.3 is 9.84 Å². The first kappa shape index (κ1) is 18.9. The fourth-order valence-corrected chi connectivity index (χ4v) is 1.73. The van der Waals surface area contributed by atoms with Gasteiger partial charge in [-0.3, -0.25) is 4.90 Å². The number of nitrogens with zero attached hydrogens (tertiary/aromatic N) is 1. The average molecular weight is 350 g/mol. The highest BCUT2D eigenvalue weighted by Crippen LogP contribution is 2.25. The summed E-state index contributed by atoms with van der Waals surface area (Å²) in [5, 5.41) is 8.86. The number of halogens is 2. The van der Waals surface area contributed by atoms with Gasteiger partial charge in [0.25, 0.3) is 0 Å². The van der Waals surface area contributed by atoms with Crippen LogP contribution >= 0.6 is 15.9 Å². The smallest absolute Gasteiger partial charge is 0.414 e. The first-order valence-electron chi connectivity index (χ1n) is 6.66. The third-order valence-corrected chi connectivity index (χ3v) is 2.94. The van der Waals surface area contributed by atoms with Crippen LogP contribution in [-0.4, -0.2) is 30.5 Å². The Kier molecular flexibility index (Phi) is 9.16. The van der Waals surface area contributed by atoms with Gasteiger partial charge in [0, 0.05) is 0 Å². The number of rotatable bonds is 2. The maximum atomic E-state index is 13.3. The number of cyclic esters (lactones) is 1. The van der Waals surface area contributed by atoms with Crippen molar-refractivity contribution in [1.82, 2.24) is 0 Å². The van der Waals surface area contributed by atoms with Crippen LogP contribution in [0.1, 0.15) is 27.7 Å². The molecule has 1 unspecified atom stereocenters. The van der Waals surface area contributed by atoms with Gasteiger partial charge in [-0.05, 0) is 34.1 Å². The van der Waals surface area contributed by atoms with Crippen molar-refractivity contribution >= 4 is 27.7 Å². The summed E-state index contributed by atoms with van der Waals surface area (Å²) < 4.78 is 18.4. The predicted molar refractivity (Wildman–Crippen MR) is 81.5 cm³/mol. The van der Waals surface area contributed by atoms with Crippen molar-refractivity contribution in [2.45, 2.75) is 33.8 Å². The van der Waals surface area contributed by atoms with E-state index in [0.29, 0.717) is 10.2 Å². The van der Waals surface area contributed by atoms with Crippen LogP contribution in [0.25, 0.3) is 0 Å². The van der Waals surface area contributed by atoms with Crippen LogP contribution in [0.15, 0.2) is 22.7 Å². The summed E-state index contributed by atoms with van der Waals surface area (Å²) in [5.41, 5.74) is 0.418. The number of hydrogen-bond acceptors (Lipinski definition) is 3. The lowest BCUT2D eigenvalue weighted by atomic mass is 10.2. The standard InChI is InChI=1S/C10H9BrFNO3.2C2H6/c11-8-2-1-6(3-9(8)12)13-4-7(5-14)16-10(13)15;2*1-2/h1-3,7,14H,4-5H2;2*1-2H3. The lowest BCUT2D eigenvalue weighted by Crippen LogP contribution is -2.25. The van der Waals surface area contributed by atoms with Gasteiger partial charge in [0.2, 0.25) is 0 Å². The zero-order chi connectivity index (χ0) is 15.7. The SMILES string of the molecule is CC.CC.O=C1OC(CO)CN1c1ccc(Br)c(F)c1. The number of ether oxygens (including phenoxy) is 1. The Bertz CT molecular complexity index is 429. The molecule has 1 fully saturated rings. The van der Waals surface area contributed by atoms with Crippen LogP contribution in [0.3, 0.4) is 0 Å². The first-order valence-corrected chi connectivity index (χ1v) is 7.45. The number of amides is 1. The van der Waals surface area contributed by atoms with Crippen LogP contribution in [-0.2, 0) is 4.74 Å². The topological polar surface area (TPSA) is 49.8 Å². The molecule has 0 spiro atoms. The number of hydrogen-bond donors (Lipinski definition) is 1. The third kappa shape index (κ3) is 4.76. The summed E-state index contributed by atoms with van der Waals surface area (Å²) in [4.78, 5) is 12.7. The van der Waals surface area contributed by atoms with Crippen LogP contribution in [0.5, 0.6) is 0 Å². The summed E-state index contributed by atoms with van der Waals surface area (Å²) in [7, 11) is 0. The summed E-state index contributed by atoms with van der Waals surface area (Å²) in [6.07, 6.45) is -1.11. The van der Waals surface area contributed by atoms with Gasteiger partial charge >= 0.3 is 6.09 Å². The molecular weight excluding hydrogens is 329 g/mol. The number of carbonyl (C=O) groups is 1. The minimum Gasteiger partial charge on any atom is -0.441 e. The second-order valence-electron chi connectivity index (χ2n) is 3.40. The molecule has 1 atom stereocenters. The van der Waals surface area contributed by atoms with Gasteiger partial charge in [0.05, 0.1) is 23.3 Å². The number of anilines is 1. The second kappa shape index (κ2) is 9.72. The Labute approximate surface area is 127 Å². The highest BCUT2D eigenvalue weighted by atomic mass is 79.9. The monoisotopic (exact) mass is 349 g/mol. The Morgan fingerprint density at radius 1 is 1.40 bits per heavy atom. The van der Waals surface area contributed by atoms with Gasteiger partial charge in [-0.2, -0.15) is 0 Å². The molecule has 0 bridgehead atoms. The minimum atomic E-state index is -0.569. The summed E-state index contributed by atoms with van der Waals surface area (Å²) >= 11 is 3.03. The molecule has 0 aromatic heterocycles. The van der Waals surface area contributed by atoms with Crippen molar-refractivity contribution in [3.63, 3.8) is 0 Å². The molecule has 1 aromatic rings. The summed E-state index contributed by atoms with van der Waals surface area (Å²) in [6.45, 7) is 8.00. The van der Waals surface area contributed by atoms with E-state index in [9.17, 15) is 9.18 Å². The Balaban J connectivity index is 0.000000829. The number of carbonyl (C=O) groups excluding carboxylic acids is 1. The number of benzene rings is 1. The molecule has 1 saturated heterocycles. The van der Waals surface area contributed by atoms with Gasteiger partial charge in [0.15, 0.2) is 0 Å². The fourth-order valence-electron chi connectivity index (χ4n) is 1.48. The Hall–Kier alpha value is -1.14. The molecule has 1 N–H and O–H groups in total. The van der Waals surface area contributed by atoms with E-state index >= 15 is 0 Å². The van der Waals surface area contributed by atoms with Gasteiger partial charge in [0.1, 0.15) is 11.9 Å². The van der Waals surface area contributed by atoms with E-state index in [0.717, 1.165) is 0 Å². The van der Waals surface area contributed by atoms with Crippen LogP contribution in [0, 0.1) is 5.82 Å². The van der Waals surface area contributed by atoms with E-state index in [1.54, 1.807) is 6.07 Å². The van der Waals surface area contributed by atoms with E-state index in [1.165, 1.54) is 17.0 Å². The highest BCUT2D eigenvalue weighted by molar-refractivity contribution is 9.10. The Morgan fingerprint density at radius 2 is 2.00 bits per heavy atom. The number of aliphatic hydroxyl groups excluding tert-OH is 1. The Morgan fingerprint density at radius 3 is 2.45 bits per heavy atom. The molecule has 114 valence electrons. The van der Waals surface area contributed by atoms with E-state index in [2.05, 4.69) is 15.9 Å². The molecule has 1 aliphatic rings. The largest absolute Gasteiger partial charge is 0.441 e. The first-order chi connectivity index (χ1) is 9.61. The van der Waals surface area contributed by atoms with Crippen LogP contribution in [0.4, 0.5) is 14.9 Å². The second-order valence-corrected chi connectivity index (χ2v) is 4.25. The van der Waals surface area contributed by atoms with Gasteiger partial charge in [-0.25, -0.2) is 9.18 Å². The third-order valence-electron chi connectivity index (χ3n) is 2.29. The molecule has 0 aliphatic carbocycles. The molecule has 1 heterocycles. The minimum absolute atomic E-state index is 0.233. The molecule has 0 saturated carbocycles. The van der Waals surface area contributed by atoms with Gasteiger partial charge in [-0.15, -0.1) is 0 Å². The molecule has 2 rings (SSSR count). The van der Waals surface area contributed by atoms with Crippen molar-refractivity contribution in [2.24, 2.45) is 0 Å². The lowest BCUT2D eigenvalue weighted by Gasteiger charge is -2.12. The maximum absolute atomic E-state index is 13.3. The predicted octanol–water partition coefficient (Wildman–Crippen LogP) is 3.96. The average Bonchev–Trinajstić information content (AvgIpc) is 2.87. The van der Waals surface area contributed by atoms with Crippen molar-refractivity contribution < 1.29 is 19.0 Å². The van der Waals surface area contributed by atoms with Gasteiger partial charge in [-0.1, -0.05) is 27.7 Å². The molecule has 20 heavy (non-hydrogen) atoms. The molecule has 1 amide bonds. The fraction of sp³-hybridized carbons (Fsp3) is 0.500.